The van der Waals surface area contributed by atoms with E-state index in [2.05, 4.69) is 0 Å². The van der Waals surface area contributed by atoms with Crippen molar-refractivity contribution in [2.24, 2.45) is 0 Å². The number of nitrogens with zero attached hydrogens (tertiary/aromatic N) is 3. The summed E-state index contributed by atoms with van der Waals surface area (Å²) in [4.78, 5) is 5.98. The Balaban J connectivity index is 1.97. The lowest BCUT2D eigenvalue weighted by Gasteiger charge is -2.24. The van der Waals surface area contributed by atoms with Gasteiger partial charge in [-0.1, -0.05) is 36.4 Å². The van der Waals surface area contributed by atoms with Gasteiger partial charge in [0.2, 0.25) is 0 Å². The molecule has 3 rings (SSSR count). The average Bonchev–Trinajstić information content (AvgIpc) is 2.74. The molecule has 0 amide bonds. The summed E-state index contributed by atoms with van der Waals surface area (Å²) in [5.74, 6) is 2.01. The van der Waals surface area contributed by atoms with Crippen molar-refractivity contribution in [3.8, 4) is 17.2 Å². The Morgan fingerprint density at radius 2 is 0.710 bits per heavy atom. The van der Waals surface area contributed by atoms with E-state index in [-0.39, 0.29) is 0 Å². The second-order valence-electron chi connectivity index (χ2n) is 7.73. The monoisotopic (exact) mass is 419 g/mol. The van der Waals surface area contributed by atoms with E-state index in [0.29, 0.717) is 17.2 Å². The van der Waals surface area contributed by atoms with E-state index in [9.17, 15) is 0 Å². The highest BCUT2D eigenvalue weighted by atomic mass is 16.7. The van der Waals surface area contributed by atoms with Gasteiger partial charge in [-0.15, -0.1) is 0 Å². The topological polar surface area (TPSA) is 37.4 Å². The second kappa shape index (κ2) is 10.0. The van der Waals surface area contributed by atoms with Crippen LogP contribution in [0.5, 0.6) is 17.2 Å². The van der Waals surface area contributed by atoms with Crippen molar-refractivity contribution in [3.05, 3.63) is 72.8 Å². The van der Waals surface area contributed by atoms with Gasteiger partial charge in [0.25, 0.3) is 0 Å². The molecule has 0 saturated carbocycles. The lowest BCUT2D eigenvalue weighted by Crippen LogP contribution is -2.38. The summed E-state index contributed by atoms with van der Waals surface area (Å²) in [5.41, 5.74) is 2.80. The molecule has 162 valence electrons. The molecule has 0 atom stereocenters. The predicted octanol–water partition coefficient (Wildman–Crippen LogP) is 4.41. The van der Waals surface area contributed by atoms with Crippen LogP contribution < -0.4 is 28.7 Å². The Labute approximate surface area is 185 Å². The quantitative estimate of drug-likeness (QED) is 0.479. The molecule has 0 aliphatic rings. The first-order valence-corrected chi connectivity index (χ1v) is 10.2. The van der Waals surface area contributed by atoms with Crippen molar-refractivity contribution in [2.75, 3.05) is 57.0 Å². The van der Waals surface area contributed by atoms with E-state index in [1.54, 1.807) is 0 Å². The Bertz CT molecular complexity index is 868. The normalized spacial score (nSPS) is 10.3. The number of hydrogen-bond donors (Lipinski definition) is 0. The van der Waals surface area contributed by atoms with E-state index in [4.69, 9.17) is 14.0 Å². The summed E-state index contributed by atoms with van der Waals surface area (Å²) in [5, 5.41) is 0. The first-order valence-electron chi connectivity index (χ1n) is 10.2. The highest BCUT2D eigenvalue weighted by Crippen LogP contribution is 2.32. The standard InChI is InChI=1S/C24H30BN3O3/c1-26(2)19-13-7-10-16-22(19)29-25(30-23-17-11-8-14-20(23)27(3)4)31-24-18-12-9-15-21(24)28(5)6/h7-18H,1-6H3. The van der Waals surface area contributed by atoms with Gasteiger partial charge in [0.15, 0.2) is 0 Å². The molecule has 0 radical (unpaired) electrons. The molecule has 3 aromatic carbocycles. The van der Waals surface area contributed by atoms with Gasteiger partial charge in [-0.25, -0.2) is 0 Å². The molecule has 0 bridgehead atoms. The van der Waals surface area contributed by atoms with Crippen LogP contribution in [0.15, 0.2) is 72.8 Å². The molecule has 0 unspecified atom stereocenters. The summed E-state index contributed by atoms with van der Waals surface area (Å²) in [7, 11) is 10.8. The van der Waals surface area contributed by atoms with E-state index >= 15 is 0 Å². The Morgan fingerprint density at radius 3 is 0.968 bits per heavy atom. The molecule has 0 heterocycles. The molecular formula is C24H30BN3O3. The summed E-state index contributed by atoms with van der Waals surface area (Å²) in [6.45, 7) is 0. The molecule has 0 fully saturated rings. The zero-order valence-electron chi connectivity index (χ0n) is 19.1. The fraction of sp³-hybridized carbons (Fsp3) is 0.250. The molecule has 0 N–H and O–H groups in total. The molecule has 0 spiro atoms. The molecule has 31 heavy (non-hydrogen) atoms. The third kappa shape index (κ3) is 5.57. The van der Waals surface area contributed by atoms with Gasteiger partial charge in [-0.05, 0) is 36.4 Å². The van der Waals surface area contributed by atoms with Crippen LogP contribution in [0.2, 0.25) is 0 Å². The van der Waals surface area contributed by atoms with E-state index in [0.717, 1.165) is 17.1 Å². The van der Waals surface area contributed by atoms with Gasteiger partial charge in [-0.3, -0.25) is 0 Å². The maximum Gasteiger partial charge on any atom is 0.864 e. The average molecular weight is 419 g/mol. The SMILES string of the molecule is CN(C)c1ccccc1OB(Oc1ccccc1N(C)C)Oc1ccccc1N(C)C. The Kier molecular flexibility index (Phi) is 7.18. The zero-order valence-corrected chi connectivity index (χ0v) is 19.1. The number of para-hydroxylation sites is 6. The third-order valence-electron chi connectivity index (χ3n) is 4.71. The largest absolute Gasteiger partial charge is 0.864 e. The maximum absolute atomic E-state index is 6.26. The van der Waals surface area contributed by atoms with Crippen molar-refractivity contribution in [1.29, 1.82) is 0 Å². The van der Waals surface area contributed by atoms with Crippen molar-refractivity contribution in [1.82, 2.24) is 0 Å². The molecule has 3 aromatic rings. The van der Waals surface area contributed by atoms with Crippen LogP contribution in [0, 0.1) is 0 Å². The fourth-order valence-electron chi connectivity index (χ4n) is 3.16. The highest BCUT2D eigenvalue weighted by molar-refractivity contribution is 6.40. The number of anilines is 3. The Hall–Kier alpha value is -3.48. The van der Waals surface area contributed by atoms with Gasteiger partial charge in [0, 0.05) is 42.3 Å². The molecule has 0 saturated heterocycles. The second-order valence-corrected chi connectivity index (χ2v) is 7.73. The van der Waals surface area contributed by atoms with Gasteiger partial charge in [0.05, 0.1) is 17.1 Å². The van der Waals surface area contributed by atoms with Crippen LogP contribution in [0.25, 0.3) is 0 Å². The Morgan fingerprint density at radius 1 is 0.452 bits per heavy atom. The number of hydrogen-bond acceptors (Lipinski definition) is 6. The third-order valence-corrected chi connectivity index (χ3v) is 4.71. The zero-order chi connectivity index (χ0) is 22.4. The smallest absolute Gasteiger partial charge is 0.488 e. The molecule has 0 aliphatic carbocycles. The van der Waals surface area contributed by atoms with E-state index in [1.807, 2.05) is 130 Å². The summed E-state index contributed by atoms with van der Waals surface area (Å²) in [6, 6.07) is 23.4. The highest BCUT2D eigenvalue weighted by Gasteiger charge is 2.33. The van der Waals surface area contributed by atoms with Crippen LogP contribution in [0.3, 0.4) is 0 Å². The van der Waals surface area contributed by atoms with Crippen molar-refractivity contribution in [3.63, 3.8) is 0 Å². The number of rotatable bonds is 9. The van der Waals surface area contributed by atoms with Crippen LogP contribution in [-0.4, -0.2) is 49.6 Å². The van der Waals surface area contributed by atoms with Gasteiger partial charge >= 0.3 is 7.32 Å². The molecule has 0 aromatic heterocycles. The number of benzene rings is 3. The molecule has 6 nitrogen and oxygen atoms in total. The van der Waals surface area contributed by atoms with Crippen molar-refractivity contribution < 1.29 is 14.0 Å². The van der Waals surface area contributed by atoms with Gasteiger partial charge in [0.1, 0.15) is 17.2 Å². The molecule has 7 heteroatoms. The van der Waals surface area contributed by atoms with Crippen molar-refractivity contribution in [2.45, 2.75) is 0 Å². The molecular weight excluding hydrogens is 389 g/mol. The minimum absolute atomic E-state index is 0.669. The minimum Gasteiger partial charge on any atom is -0.488 e. The van der Waals surface area contributed by atoms with Crippen molar-refractivity contribution >= 4 is 24.4 Å². The summed E-state index contributed by atoms with van der Waals surface area (Å²) in [6.07, 6.45) is 0. The predicted molar refractivity (Wildman–Crippen MR) is 130 cm³/mol. The lowest BCUT2D eigenvalue weighted by molar-refractivity contribution is 0.308. The van der Waals surface area contributed by atoms with E-state index < -0.39 is 7.32 Å². The van der Waals surface area contributed by atoms with Gasteiger partial charge < -0.3 is 28.7 Å². The lowest BCUT2D eigenvalue weighted by atomic mass is 10.1. The summed E-state index contributed by atoms with van der Waals surface area (Å²) >= 11 is 0. The minimum atomic E-state index is -0.997. The van der Waals surface area contributed by atoms with Crippen LogP contribution >= 0.6 is 0 Å². The first kappa shape index (κ1) is 22.2. The first-order chi connectivity index (χ1) is 14.9. The van der Waals surface area contributed by atoms with Crippen LogP contribution in [-0.2, 0) is 0 Å². The van der Waals surface area contributed by atoms with E-state index in [1.165, 1.54) is 0 Å². The molecule has 0 aliphatic heterocycles. The summed E-state index contributed by atoms with van der Waals surface area (Å²) < 4.78 is 18.8. The fourth-order valence-corrected chi connectivity index (χ4v) is 3.16. The van der Waals surface area contributed by atoms with Crippen LogP contribution in [0.4, 0.5) is 17.1 Å². The maximum atomic E-state index is 6.26. The van der Waals surface area contributed by atoms with Gasteiger partial charge in [-0.2, -0.15) is 0 Å². The van der Waals surface area contributed by atoms with Crippen LogP contribution in [0.1, 0.15) is 0 Å².